The van der Waals surface area contributed by atoms with Crippen molar-refractivity contribution in [3.63, 3.8) is 0 Å². The van der Waals surface area contributed by atoms with Crippen LogP contribution < -0.4 is 14.4 Å². The van der Waals surface area contributed by atoms with Gasteiger partial charge in [0.25, 0.3) is 0 Å². The topological polar surface area (TPSA) is 38.8 Å². The molecule has 1 amide bonds. The zero-order valence-electron chi connectivity index (χ0n) is 13.8. The Balaban J connectivity index is 2.28. The van der Waals surface area contributed by atoms with Crippen molar-refractivity contribution in [3.8, 4) is 11.5 Å². The van der Waals surface area contributed by atoms with Crippen molar-refractivity contribution in [1.29, 1.82) is 0 Å². The molecule has 24 heavy (non-hydrogen) atoms. The third-order valence-electron chi connectivity index (χ3n) is 3.66. The molecular formula is C18H19F2NO3. The van der Waals surface area contributed by atoms with Crippen molar-refractivity contribution in [2.24, 2.45) is 0 Å². The Hall–Kier alpha value is -2.63. The van der Waals surface area contributed by atoms with Gasteiger partial charge in [0.05, 0.1) is 20.6 Å². The second-order valence-electron chi connectivity index (χ2n) is 5.09. The maximum atomic E-state index is 13.4. The summed E-state index contributed by atoms with van der Waals surface area (Å²) in [6, 6.07) is 8.57. The second-order valence-corrected chi connectivity index (χ2v) is 5.09. The van der Waals surface area contributed by atoms with E-state index in [4.69, 9.17) is 9.47 Å². The average Bonchev–Trinajstić information content (AvgIpc) is 2.58. The van der Waals surface area contributed by atoms with Gasteiger partial charge in [-0.3, -0.25) is 4.79 Å². The Labute approximate surface area is 139 Å². The summed E-state index contributed by atoms with van der Waals surface area (Å²) in [4.78, 5) is 14.0. The number of hydrogen-bond acceptors (Lipinski definition) is 3. The maximum absolute atomic E-state index is 13.4. The first-order valence-electron chi connectivity index (χ1n) is 7.46. The average molecular weight is 335 g/mol. The Bertz CT molecular complexity index is 734. The Kier molecular flexibility index (Phi) is 5.73. The highest BCUT2D eigenvalue weighted by Crippen LogP contribution is 2.26. The smallest absolute Gasteiger partial charge is 0.231 e. The summed E-state index contributed by atoms with van der Waals surface area (Å²) >= 11 is 0. The molecular weight excluding hydrogens is 316 g/mol. The molecule has 128 valence electrons. The van der Waals surface area contributed by atoms with E-state index in [-0.39, 0.29) is 12.3 Å². The van der Waals surface area contributed by atoms with Gasteiger partial charge in [-0.1, -0.05) is 0 Å². The zero-order chi connectivity index (χ0) is 17.7. The normalized spacial score (nSPS) is 10.4. The molecule has 0 saturated carbocycles. The Morgan fingerprint density at radius 2 is 1.79 bits per heavy atom. The number of anilines is 1. The third-order valence-corrected chi connectivity index (χ3v) is 3.66. The number of halogens is 2. The van der Waals surface area contributed by atoms with Crippen LogP contribution in [0.15, 0.2) is 36.4 Å². The Morgan fingerprint density at radius 3 is 2.38 bits per heavy atom. The van der Waals surface area contributed by atoms with Gasteiger partial charge >= 0.3 is 0 Å². The number of amides is 1. The summed E-state index contributed by atoms with van der Waals surface area (Å²) in [5.41, 5.74) is 0.964. The lowest BCUT2D eigenvalue weighted by atomic mass is 10.1. The summed E-state index contributed by atoms with van der Waals surface area (Å²) in [5.74, 6) is -1.02. The highest BCUT2D eigenvalue weighted by atomic mass is 19.2. The van der Waals surface area contributed by atoms with Crippen LogP contribution >= 0.6 is 0 Å². The highest BCUT2D eigenvalue weighted by molar-refractivity contribution is 5.95. The molecule has 0 unspecified atom stereocenters. The lowest BCUT2D eigenvalue weighted by Gasteiger charge is -2.22. The van der Waals surface area contributed by atoms with E-state index in [0.29, 0.717) is 29.3 Å². The molecule has 0 atom stereocenters. The molecule has 2 aromatic rings. The van der Waals surface area contributed by atoms with Crippen LogP contribution in [0.25, 0.3) is 0 Å². The number of carbonyl (C=O) groups excluding carboxylic acids is 1. The molecule has 0 heterocycles. The quantitative estimate of drug-likeness (QED) is 0.810. The molecule has 0 aliphatic carbocycles. The van der Waals surface area contributed by atoms with Crippen LogP contribution in [0.4, 0.5) is 14.5 Å². The first-order chi connectivity index (χ1) is 11.5. The predicted octanol–water partition coefficient (Wildman–Crippen LogP) is 3.58. The van der Waals surface area contributed by atoms with Crippen molar-refractivity contribution in [1.82, 2.24) is 0 Å². The van der Waals surface area contributed by atoms with Gasteiger partial charge in [-0.05, 0) is 37.3 Å². The van der Waals surface area contributed by atoms with Crippen molar-refractivity contribution >= 4 is 11.6 Å². The first kappa shape index (κ1) is 17.7. The molecule has 0 N–H and O–H groups in total. The molecule has 6 heteroatoms. The van der Waals surface area contributed by atoms with E-state index in [0.717, 1.165) is 12.1 Å². The van der Waals surface area contributed by atoms with E-state index in [9.17, 15) is 13.6 Å². The summed E-state index contributed by atoms with van der Waals surface area (Å²) in [6.07, 6.45) is 0.0488. The van der Waals surface area contributed by atoms with E-state index in [2.05, 4.69) is 0 Å². The van der Waals surface area contributed by atoms with E-state index in [1.54, 1.807) is 25.1 Å². The van der Waals surface area contributed by atoms with Crippen molar-refractivity contribution in [2.45, 2.75) is 13.3 Å². The number of benzene rings is 2. The molecule has 0 spiro atoms. The molecule has 0 aromatic heterocycles. The van der Waals surface area contributed by atoms with Gasteiger partial charge in [0.15, 0.2) is 11.6 Å². The van der Waals surface area contributed by atoms with Crippen LogP contribution in [0.5, 0.6) is 11.5 Å². The van der Waals surface area contributed by atoms with Crippen molar-refractivity contribution in [3.05, 3.63) is 53.6 Å². The molecule has 4 nitrogen and oxygen atoms in total. The molecule has 2 rings (SSSR count). The number of likely N-dealkylation sites (N-methyl/N-ethyl adjacent to an activating group) is 1. The lowest BCUT2D eigenvalue weighted by Crippen LogP contribution is -2.32. The number of carbonyl (C=O) groups is 1. The van der Waals surface area contributed by atoms with Gasteiger partial charge in [0.1, 0.15) is 11.5 Å². The standard InChI is InChI=1S/C18H19F2NO3/c1-4-21(13-5-7-15(19)16(20)11-13)18(22)10-12-9-14(23-2)6-8-17(12)24-3/h5-9,11H,4,10H2,1-3H3. The van der Waals surface area contributed by atoms with Crippen molar-refractivity contribution < 1.29 is 23.0 Å². The number of nitrogens with zero attached hydrogens (tertiary/aromatic N) is 1. The minimum absolute atomic E-state index is 0.0488. The SMILES string of the molecule is CCN(C(=O)Cc1cc(OC)ccc1OC)c1ccc(F)c(F)c1. The molecule has 2 aromatic carbocycles. The minimum Gasteiger partial charge on any atom is -0.497 e. The van der Waals surface area contributed by atoms with Crippen LogP contribution in [0.2, 0.25) is 0 Å². The molecule has 0 saturated heterocycles. The second kappa shape index (κ2) is 7.77. The summed E-state index contributed by atoms with van der Waals surface area (Å²) in [7, 11) is 3.05. The largest absolute Gasteiger partial charge is 0.497 e. The van der Waals surface area contributed by atoms with Gasteiger partial charge in [0, 0.05) is 23.9 Å². The van der Waals surface area contributed by atoms with E-state index in [1.807, 2.05) is 0 Å². The van der Waals surface area contributed by atoms with Crippen LogP contribution in [0.3, 0.4) is 0 Å². The molecule has 0 radical (unpaired) electrons. The first-order valence-corrected chi connectivity index (χ1v) is 7.46. The fourth-order valence-electron chi connectivity index (χ4n) is 2.43. The lowest BCUT2D eigenvalue weighted by molar-refractivity contribution is -0.118. The number of methoxy groups -OCH3 is 2. The summed E-state index contributed by atoms with van der Waals surface area (Å²) in [6.45, 7) is 2.10. The van der Waals surface area contributed by atoms with Crippen LogP contribution in [0, 0.1) is 11.6 Å². The van der Waals surface area contributed by atoms with Gasteiger partial charge < -0.3 is 14.4 Å². The van der Waals surface area contributed by atoms with Crippen LogP contribution in [-0.4, -0.2) is 26.7 Å². The highest BCUT2D eigenvalue weighted by Gasteiger charge is 2.18. The van der Waals surface area contributed by atoms with Gasteiger partial charge in [-0.25, -0.2) is 8.78 Å². The fraction of sp³-hybridized carbons (Fsp3) is 0.278. The molecule has 0 aliphatic heterocycles. The van der Waals surface area contributed by atoms with Crippen molar-refractivity contribution in [2.75, 3.05) is 25.7 Å². The predicted molar refractivity (Wildman–Crippen MR) is 87.6 cm³/mol. The Morgan fingerprint density at radius 1 is 1.04 bits per heavy atom. The molecule has 0 aliphatic rings. The minimum atomic E-state index is -0.988. The summed E-state index contributed by atoms with van der Waals surface area (Å²) < 4.78 is 36.9. The number of hydrogen-bond donors (Lipinski definition) is 0. The van der Waals surface area contributed by atoms with Crippen LogP contribution in [0.1, 0.15) is 12.5 Å². The van der Waals surface area contributed by atoms with Gasteiger partial charge in [0.2, 0.25) is 5.91 Å². The fourth-order valence-corrected chi connectivity index (χ4v) is 2.43. The van der Waals surface area contributed by atoms with Crippen LogP contribution in [-0.2, 0) is 11.2 Å². The third kappa shape index (κ3) is 3.82. The number of rotatable bonds is 6. The number of ether oxygens (including phenoxy) is 2. The van der Waals surface area contributed by atoms with Gasteiger partial charge in [-0.15, -0.1) is 0 Å². The van der Waals surface area contributed by atoms with Gasteiger partial charge in [-0.2, -0.15) is 0 Å². The zero-order valence-corrected chi connectivity index (χ0v) is 13.8. The summed E-state index contributed by atoms with van der Waals surface area (Å²) in [5, 5.41) is 0. The maximum Gasteiger partial charge on any atom is 0.231 e. The molecule has 0 fully saturated rings. The van der Waals surface area contributed by atoms with E-state index < -0.39 is 11.6 Å². The van der Waals surface area contributed by atoms with E-state index in [1.165, 1.54) is 25.2 Å². The van der Waals surface area contributed by atoms with E-state index >= 15 is 0 Å². The monoisotopic (exact) mass is 335 g/mol. The molecule has 0 bridgehead atoms.